The number of aliphatic carboxylic acids is 1. The fraction of sp³-hybridized carbons (Fsp3) is 0.429. The molecule has 1 atom stereocenters. The Morgan fingerprint density at radius 1 is 1.00 bits per heavy atom. The van der Waals surface area contributed by atoms with Crippen molar-refractivity contribution in [2.24, 2.45) is 11.1 Å². The number of nitrogens with zero attached hydrogens (tertiary/aromatic N) is 1. The molecule has 0 radical (unpaired) electrons. The molecule has 33 heavy (non-hydrogen) atoms. The smallest absolute Gasteiger partial charge is 0.306 e. The molecular formula is C28H33NO4. The molecule has 1 aliphatic carbocycles. The zero-order valence-corrected chi connectivity index (χ0v) is 19.1. The number of unbranched alkanes of at least 4 members (excludes halogenated alkanes) is 2. The lowest BCUT2D eigenvalue weighted by Crippen LogP contribution is -2.19. The number of oxime groups is 1. The normalized spacial score (nSPS) is 15.2. The maximum atomic E-state index is 11.9. The topological polar surface area (TPSA) is 83.0 Å². The minimum absolute atomic E-state index is 0.205. The highest BCUT2D eigenvalue weighted by Crippen LogP contribution is 2.32. The number of rotatable bonds is 10. The second-order valence-electron chi connectivity index (χ2n) is 9.15. The van der Waals surface area contributed by atoms with Gasteiger partial charge >= 0.3 is 5.97 Å². The first-order valence-electron chi connectivity index (χ1n) is 12.2. The van der Waals surface area contributed by atoms with Gasteiger partial charge in [-0.3, -0.25) is 4.79 Å². The van der Waals surface area contributed by atoms with Crippen LogP contribution in [0.1, 0.15) is 73.8 Å². The number of carboxylic acid groups (broad SMARTS) is 1. The van der Waals surface area contributed by atoms with Gasteiger partial charge in [0.05, 0.1) is 11.6 Å². The molecule has 5 heteroatoms. The highest BCUT2D eigenvalue weighted by atomic mass is 16.4. The van der Waals surface area contributed by atoms with E-state index in [1.807, 2.05) is 36.4 Å². The van der Waals surface area contributed by atoms with Gasteiger partial charge in [-0.1, -0.05) is 66.9 Å². The number of benzene rings is 2. The molecule has 0 fully saturated rings. The van der Waals surface area contributed by atoms with Gasteiger partial charge in [-0.25, -0.2) is 0 Å². The van der Waals surface area contributed by atoms with E-state index >= 15 is 0 Å². The van der Waals surface area contributed by atoms with Gasteiger partial charge in [-0.15, -0.1) is 0 Å². The van der Waals surface area contributed by atoms with Crippen LogP contribution in [-0.4, -0.2) is 22.0 Å². The summed E-state index contributed by atoms with van der Waals surface area (Å²) < 4.78 is 6.13. The summed E-state index contributed by atoms with van der Waals surface area (Å²) in [5.41, 5.74) is 4.54. The second kappa shape index (κ2) is 11.2. The lowest BCUT2D eigenvalue weighted by Gasteiger charge is -2.13. The Hall–Kier alpha value is -3.08. The number of hydrogen-bond acceptors (Lipinski definition) is 4. The van der Waals surface area contributed by atoms with Gasteiger partial charge in [0.15, 0.2) is 0 Å². The van der Waals surface area contributed by atoms with Crippen molar-refractivity contribution in [2.45, 2.75) is 70.6 Å². The Morgan fingerprint density at radius 3 is 2.61 bits per heavy atom. The molecule has 174 valence electrons. The summed E-state index contributed by atoms with van der Waals surface area (Å²) in [7, 11) is 0. The summed E-state index contributed by atoms with van der Waals surface area (Å²) in [5.74, 6) is -0.345. The fourth-order valence-electron chi connectivity index (χ4n) is 4.92. The molecular weight excluding hydrogens is 414 g/mol. The van der Waals surface area contributed by atoms with Crippen LogP contribution in [0.15, 0.2) is 58.1 Å². The first-order valence-corrected chi connectivity index (χ1v) is 12.2. The Morgan fingerprint density at radius 2 is 1.82 bits per heavy atom. The summed E-state index contributed by atoms with van der Waals surface area (Å²) in [6.07, 6.45) is 10.2. The monoisotopic (exact) mass is 447 g/mol. The quantitative estimate of drug-likeness (QED) is 0.118. The molecule has 0 saturated heterocycles. The molecule has 2 aromatic carbocycles. The molecule has 1 aromatic heterocycles. The highest BCUT2D eigenvalue weighted by Gasteiger charge is 2.22. The van der Waals surface area contributed by atoms with Crippen molar-refractivity contribution in [3.05, 3.63) is 71.0 Å². The molecule has 3 aromatic rings. The van der Waals surface area contributed by atoms with Crippen LogP contribution < -0.4 is 0 Å². The molecule has 0 aliphatic heterocycles. The summed E-state index contributed by atoms with van der Waals surface area (Å²) in [4.78, 5) is 11.9. The third-order valence-corrected chi connectivity index (χ3v) is 6.81. The highest BCUT2D eigenvalue weighted by molar-refractivity contribution is 6.04. The van der Waals surface area contributed by atoms with Gasteiger partial charge in [0.2, 0.25) is 0 Å². The van der Waals surface area contributed by atoms with E-state index in [1.165, 1.54) is 24.0 Å². The summed E-state index contributed by atoms with van der Waals surface area (Å²) >= 11 is 0. The molecule has 2 N–H and O–H groups in total. The SMILES string of the molecule is O=C(O)[C@@H](CCCCCc1ccccc1)CC(=NO)c1ccc2c3c(oc2c1)CCCCC3. The third-order valence-electron chi connectivity index (χ3n) is 6.81. The van der Waals surface area contributed by atoms with Crippen LogP contribution in [0.5, 0.6) is 0 Å². The second-order valence-corrected chi connectivity index (χ2v) is 9.15. The van der Waals surface area contributed by atoms with Crippen molar-refractivity contribution in [2.75, 3.05) is 0 Å². The first-order chi connectivity index (χ1) is 16.2. The van der Waals surface area contributed by atoms with Crippen LogP contribution in [0.4, 0.5) is 0 Å². The van der Waals surface area contributed by atoms with Crippen LogP contribution >= 0.6 is 0 Å². The summed E-state index contributed by atoms with van der Waals surface area (Å²) in [6.45, 7) is 0. The van der Waals surface area contributed by atoms with E-state index in [9.17, 15) is 15.1 Å². The van der Waals surface area contributed by atoms with E-state index in [1.54, 1.807) is 0 Å². The lowest BCUT2D eigenvalue weighted by atomic mass is 9.92. The lowest BCUT2D eigenvalue weighted by molar-refractivity contribution is -0.141. The van der Waals surface area contributed by atoms with Gasteiger partial charge in [0.25, 0.3) is 0 Å². The van der Waals surface area contributed by atoms with Gasteiger partial charge in [-0.2, -0.15) is 0 Å². The number of hydrogen-bond donors (Lipinski definition) is 2. The largest absolute Gasteiger partial charge is 0.481 e. The van der Waals surface area contributed by atoms with E-state index in [4.69, 9.17) is 4.42 Å². The fourth-order valence-corrected chi connectivity index (χ4v) is 4.92. The minimum atomic E-state index is -0.843. The number of carbonyl (C=O) groups is 1. The number of furan rings is 1. The maximum absolute atomic E-state index is 11.9. The van der Waals surface area contributed by atoms with Crippen LogP contribution in [0, 0.1) is 5.92 Å². The third kappa shape index (κ3) is 5.84. The molecule has 0 spiro atoms. The number of aryl methyl sites for hydroxylation is 3. The Balaban J connectivity index is 1.37. The van der Waals surface area contributed by atoms with Crippen LogP contribution in [0.25, 0.3) is 11.0 Å². The van der Waals surface area contributed by atoms with E-state index in [-0.39, 0.29) is 6.42 Å². The standard InChI is InChI=1S/C28H33NO4/c30-28(31)22(13-7-2-6-12-20-10-4-1-5-11-20)18-25(29-32)21-16-17-24-23-14-8-3-9-15-26(23)33-27(24)19-21/h1,4-5,10-11,16-17,19,22,32H,2-3,6-9,12-15,18H2,(H,30,31)/t22-/m0/s1. The van der Waals surface area contributed by atoms with Gasteiger partial charge < -0.3 is 14.7 Å². The van der Waals surface area contributed by atoms with Crippen molar-refractivity contribution in [3.8, 4) is 0 Å². The maximum Gasteiger partial charge on any atom is 0.306 e. The van der Waals surface area contributed by atoms with Crippen molar-refractivity contribution in [3.63, 3.8) is 0 Å². The number of carboxylic acids is 1. The molecule has 4 rings (SSSR count). The first kappa shape index (κ1) is 23.1. The Bertz CT molecular complexity index is 1100. The van der Waals surface area contributed by atoms with Gasteiger partial charge in [-0.05, 0) is 50.2 Å². The van der Waals surface area contributed by atoms with Gasteiger partial charge in [0.1, 0.15) is 11.3 Å². The molecule has 0 unspecified atom stereocenters. The zero-order valence-electron chi connectivity index (χ0n) is 19.1. The molecule has 1 aliphatic rings. The Kier molecular flexibility index (Phi) is 7.82. The molecule has 0 saturated carbocycles. The Labute approximate surface area is 195 Å². The van der Waals surface area contributed by atoms with Crippen molar-refractivity contribution >= 4 is 22.7 Å². The van der Waals surface area contributed by atoms with E-state index in [2.05, 4.69) is 17.3 Å². The van der Waals surface area contributed by atoms with Crippen LogP contribution in [0.2, 0.25) is 0 Å². The predicted octanol–water partition coefficient (Wildman–Crippen LogP) is 6.77. The van der Waals surface area contributed by atoms with Crippen molar-refractivity contribution in [1.29, 1.82) is 0 Å². The summed E-state index contributed by atoms with van der Waals surface area (Å²) in [5, 5.41) is 24.0. The van der Waals surface area contributed by atoms with Crippen LogP contribution in [-0.2, 0) is 24.1 Å². The summed E-state index contributed by atoms with van der Waals surface area (Å²) in [6, 6.07) is 16.2. The molecule has 5 nitrogen and oxygen atoms in total. The van der Waals surface area contributed by atoms with Crippen LogP contribution in [0.3, 0.4) is 0 Å². The molecule has 1 heterocycles. The minimum Gasteiger partial charge on any atom is -0.481 e. The van der Waals surface area contributed by atoms with Gasteiger partial charge in [0, 0.05) is 29.4 Å². The van der Waals surface area contributed by atoms with E-state index in [0.717, 1.165) is 67.2 Å². The molecule has 0 amide bonds. The average molecular weight is 448 g/mol. The van der Waals surface area contributed by atoms with Crippen molar-refractivity contribution < 1.29 is 19.5 Å². The average Bonchev–Trinajstić information content (AvgIpc) is 3.00. The van der Waals surface area contributed by atoms with E-state index in [0.29, 0.717) is 12.1 Å². The number of fused-ring (bicyclic) bond motifs is 3. The van der Waals surface area contributed by atoms with E-state index < -0.39 is 11.9 Å². The van der Waals surface area contributed by atoms with Crippen molar-refractivity contribution in [1.82, 2.24) is 0 Å². The predicted molar refractivity (Wildman–Crippen MR) is 130 cm³/mol. The zero-order chi connectivity index (χ0) is 23.0. The molecule has 0 bridgehead atoms.